The number of hydrogen-bond acceptors (Lipinski definition) is 11. The van der Waals surface area contributed by atoms with Crippen molar-refractivity contribution in [2.75, 3.05) is 56.2 Å². The Morgan fingerprint density at radius 3 is 2.46 bits per heavy atom. The molecule has 3 heterocycles. The van der Waals surface area contributed by atoms with Crippen LogP contribution >= 0.6 is 0 Å². The lowest BCUT2D eigenvalue weighted by Gasteiger charge is -2.32. The SMILES string of the molecule is CCOc1ncccc1C1(NCc2ccc(N3CCNCC3)cc2)C(=O)N(S(=O)(=O)c2ccc(OC)cc2OC)c2ccc(C#N)cc21. The number of hydrogen-bond donors (Lipinski definition) is 2. The number of piperazine rings is 1. The summed E-state index contributed by atoms with van der Waals surface area (Å²) < 4.78 is 46.5. The van der Waals surface area contributed by atoms with Gasteiger partial charge in [0.05, 0.1) is 38.1 Å². The molecule has 12 nitrogen and oxygen atoms in total. The van der Waals surface area contributed by atoms with Gasteiger partial charge in [0.15, 0.2) is 5.54 Å². The van der Waals surface area contributed by atoms with Crippen LogP contribution in [0.15, 0.2) is 83.9 Å². The number of benzene rings is 3. The summed E-state index contributed by atoms with van der Waals surface area (Å²) in [5, 5.41) is 16.7. The predicted octanol–water partition coefficient (Wildman–Crippen LogP) is 3.55. The highest BCUT2D eigenvalue weighted by atomic mass is 32.2. The minimum absolute atomic E-state index is 0.00349. The van der Waals surface area contributed by atoms with E-state index in [0.717, 1.165) is 41.7 Å². The second-order valence-electron chi connectivity index (χ2n) is 11.2. The van der Waals surface area contributed by atoms with Crippen LogP contribution in [0.4, 0.5) is 11.4 Å². The molecule has 2 N–H and O–H groups in total. The van der Waals surface area contributed by atoms with Crippen LogP contribution in [0, 0.1) is 11.3 Å². The number of ether oxygens (including phenoxy) is 3. The topological polar surface area (TPSA) is 146 Å². The maximum atomic E-state index is 15.1. The first kappa shape index (κ1) is 32.8. The highest BCUT2D eigenvalue weighted by molar-refractivity contribution is 7.93. The highest BCUT2D eigenvalue weighted by Crippen LogP contribution is 2.50. The van der Waals surface area contributed by atoms with Gasteiger partial charge in [-0.05, 0) is 67.1 Å². The molecule has 0 aliphatic carbocycles. The maximum absolute atomic E-state index is 15.1. The van der Waals surface area contributed by atoms with Gasteiger partial charge in [0.1, 0.15) is 16.4 Å². The molecule has 248 valence electrons. The van der Waals surface area contributed by atoms with Crippen LogP contribution in [-0.4, -0.2) is 66.3 Å². The van der Waals surface area contributed by atoms with Gasteiger partial charge in [0.2, 0.25) is 5.88 Å². The zero-order valence-electron chi connectivity index (χ0n) is 26.9. The van der Waals surface area contributed by atoms with Gasteiger partial charge < -0.3 is 24.4 Å². The third-order valence-corrected chi connectivity index (χ3v) is 10.3. The molecule has 0 bridgehead atoms. The molecule has 1 amide bonds. The number of methoxy groups -OCH3 is 2. The molecule has 1 aromatic heterocycles. The Morgan fingerprint density at radius 1 is 1.00 bits per heavy atom. The molecule has 1 saturated heterocycles. The van der Waals surface area contributed by atoms with Gasteiger partial charge in [0, 0.05) is 61.8 Å². The van der Waals surface area contributed by atoms with E-state index in [0.29, 0.717) is 11.3 Å². The molecule has 1 unspecified atom stereocenters. The quantitative estimate of drug-likeness (QED) is 0.242. The van der Waals surface area contributed by atoms with Crippen molar-refractivity contribution in [3.63, 3.8) is 0 Å². The number of rotatable bonds is 11. The Balaban J connectivity index is 1.51. The Kier molecular flexibility index (Phi) is 9.23. The van der Waals surface area contributed by atoms with Crippen molar-refractivity contribution in [2.45, 2.75) is 23.9 Å². The molecule has 3 aromatic carbocycles. The van der Waals surface area contributed by atoms with E-state index < -0.39 is 21.5 Å². The highest BCUT2D eigenvalue weighted by Gasteiger charge is 2.57. The summed E-state index contributed by atoms with van der Waals surface area (Å²) in [6, 6.07) is 22.3. The van der Waals surface area contributed by atoms with E-state index >= 15 is 4.79 Å². The second-order valence-corrected chi connectivity index (χ2v) is 13.0. The van der Waals surface area contributed by atoms with E-state index in [2.05, 4.69) is 26.6 Å². The minimum Gasteiger partial charge on any atom is -0.497 e. The predicted molar refractivity (Wildman–Crippen MR) is 180 cm³/mol. The van der Waals surface area contributed by atoms with Gasteiger partial charge in [0.25, 0.3) is 15.9 Å². The molecule has 1 fully saturated rings. The number of pyridine rings is 1. The Hall–Kier alpha value is -5.16. The summed E-state index contributed by atoms with van der Waals surface area (Å²) in [6.07, 6.45) is 1.54. The molecule has 6 rings (SSSR count). The summed E-state index contributed by atoms with van der Waals surface area (Å²) in [6.45, 7) is 5.83. The first-order valence-electron chi connectivity index (χ1n) is 15.5. The minimum atomic E-state index is -4.59. The molecule has 2 aliphatic heterocycles. The van der Waals surface area contributed by atoms with Crippen molar-refractivity contribution in [2.24, 2.45) is 0 Å². The lowest BCUT2D eigenvalue weighted by molar-refractivity contribution is -0.121. The number of anilines is 2. The third kappa shape index (κ3) is 5.68. The van der Waals surface area contributed by atoms with E-state index in [-0.39, 0.29) is 46.5 Å². The van der Waals surface area contributed by atoms with Crippen molar-refractivity contribution < 1.29 is 27.4 Å². The molecular formula is C35H36N6O6S. The summed E-state index contributed by atoms with van der Waals surface area (Å²) in [4.78, 5) is 21.6. The number of carbonyl (C=O) groups is 1. The van der Waals surface area contributed by atoms with Crippen LogP contribution in [0.2, 0.25) is 0 Å². The van der Waals surface area contributed by atoms with Crippen molar-refractivity contribution in [3.8, 4) is 23.4 Å². The van der Waals surface area contributed by atoms with E-state index in [1.165, 1.54) is 50.6 Å². The van der Waals surface area contributed by atoms with Gasteiger partial charge in [-0.15, -0.1) is 0 Å². The van der Waals surface area contributed by atoms with Crippen LogP contribution in [0.25, 0.3) is 0 Å². The average Bonchev–Trinajstić information content (AvgIpc) is 3.38. The number of nitrogens with zero attached hydrogens (tertiary/aromatic N) is 4. The first-order chi connectivity index (χ1) is 23.3. The number of nitrogens with one attached hydrogen (secondary N) is 2. The fourth-order valence-corrected chi connectivity index (χ4v) is 7.83. The number of sulfonamides is 1. The molecule has 0 spiro atoms. The normalized spacial score (nSPS) is 17.5. The largest absolute Gasteiger partial charge is 0.497 e. The number of nitriles is 1. The molecule has 4 aromatic rings. The van der Waals surface area contributed by atoms with Gasteiger partial charge in [-0.2, -0.15) is 5.26 Å². The maximum Gasteiger partial charge on any atom is 0.274 e. The van der Waals surface area contributed by atoms with E-state index in [9.17, 15) is 13.7 Å². The van der Waals surface area contributed by atoms with Gasteiger partial charge >= 0.3 is 0 Å². The van der Waals surface area contributed by atoms with Gasteiger partial charge in [-0.25, -0.2) is 17.7 Å². The number of aromatic nitrogens is 1. The summed E-state index contributed by atoms with van der Waals surface area (Å²) in [5.41, 5.74) is 1.05. The smallest absolute Gasteiger partial charge is 0.274 e. The van der Waals surface area contributed by atoms with Crippen LogP contribution in [0.1, 0.15) is 29.2 Å². The summed E-state index contributed by atoms with van der Waals surface area (Å²) in [7, 11) is -1.79. The van der Waals surface area contributed by atoms with E-state index in [4.69, 9.17) is 14.2 Å². The fraction of sp³-hybridized carbons (Fsp3) is 0.286. The average molecular weight is 669 g/mol. The molecule has 13 heteroatoms. The van der Waals surface area contributed by atoms with Crippen molar-refractivity contribution in [1.82, 2.24) is 15.6 Å². The van der Waals surface area contributed by atoms with Crippen LogP contribution < -0.4 is 34.0 Å². The van der Waals surface area contributed by atoms with Gasteiger partial charge in [-0.3, -0.25) is 10.1 Å². The lowest BCUT2D eigenvalue weighted by Crippen LogP contribution is -2.52. The second kappa shape index (κ2) is 13.5. The summed E-state index contributed by atoms with van der Waals surface area (Å²) in [5.74, 6) is -0.265. The molecular weight excluding hydrogens is 632 g/mol. The summed E-state index contributed by atoms with van der Waals surface area (Å²) >= 11 is 0. The monoisotopic (exact) mass is 668 g/mol. The van der Waals surface area contributed by atoms with Crippen LogP contribution in [0.3, 0.4) is 0 Å². The van der Waals surface area contributed by atoms with Crippen LogP contribution in [0.5, 0.6) is 17.4 Å². The number of amides is 1. The standard InChI is InChI=1S/C35H36N6O6S/c1-4-47-33-28(6-5-15-38-33)35(39-23-24-7-10-26(11-8-24)40-18-16-37-17-19-40)29-20-25(22-36)9-13-30(29)41(34(35)42)48(43,44)32-14-12-27(45-2)21-31(32)46-3/h5-15,20-21,37,39H,4,16-19,23H2,1-3H3. The third-order valence-electron chi connectivity index (χ3n) is 8.58. The number of fused-ring (bicyclic) bond motifs is 1. The molecule has 0 saturated carbocycles. The van der Waals surface area contributed by atoms with Crippen molar-refractivity contribution >= 4 is 27.3 Å². The van der Waals surface area contributed by atoms with Crippen molar-refractivity contribution in [1.29, 1.82) is 5.26 Å². The Bertz CT molecular complexity index is 1970. The molecule has 48 heavy (non-hydrogen) atoms. The van der Waals surface area contributed by atoms with Gasteiger partial charge in [-0.1, -0.05) is 12.1 Å². The zero-order chi connectivity index (χ0) is 33.9. The Morgan fingerprint density at radius 2 is 1.77 bits per heavy atom. The lowest BCUT2D eigenvalue weighted by atomic mass is 9.83. The molecule has 1 atom stereocenters. The van der Waals surface area contributed by atoms with E-state index in [1.54, 1.807) is 25.3 Å². The number of carbonyl (C=O) groups excluding carboxylic acids is 1. The molecule has 0 radical (unpaired) electrons. The van der Waals surface area contributed by atoms with Crippen molar-refractivity contribution in [3.05, 3.63) is 101 Å². The fourth-order valence-electron chi connectivity index (χ4n) is 6.22. The van der Waals surface area contributed by atoms with Crippen LogP contribution in [-0.2, 0) is 26.9 Å². The zero-order valence-corrected chi connectivity index (χ0v) is 27.7. The molecule has 2 aliphatic rings. The van der Waals surface area contributed by atoms with E-state index in [1.807, 2.05) is 24.3 Å². The first-order valence-corrected chi connectivity index (χ1v) is 17.0. The Labute approximate surface area is 279 Å².